The Bertz CT molecular complexity index is 1160. The van der Waals surface area contributed by atoms with Gasteiger partial charge in [-0.15, -0.1) is 11.8 Å². The highest BCUT2D eigenvalue weighted by molar-refractivity contribution is 8.02. The van der Waals surface area contributed by atoms with Crippen molar-refractivity contribution >= 4 is 34.6 Å². The van der Waals surface area contributed by atoms with Gasteiger partial charge in [-0.1, -0.05) is 49.4 Å². The maximum atomic E-state index is 11.2. The summed E-state index contributed by atoms with van der Waals surface area (Å²) in [6.45, 7) is 5.08. The minimum absolute atomic E-state index is 0.537. The van der Waals surface area contributed by atoms with Crippen LogP contribution in [0.15, 0.2) is 77.9 Å². The van der Waals surface area contributed by atoms with Gasteiger partial charge in [-0.2, -0.15) is 0 Å². The highest BCUT2D eigenvalue weighted by Gasteiger charge is 2.18. The van der Waals surface area contributed by atoms with E-state index < -0.39 is 5.91 Å². The Morgan fingerprint density at radius 3 is 2.76 bits per heavy atom. The van der Waals surface area contributed by atoms with Crippen molar-refractivity contribution in [3.63, 3.8) is 0 Å². The number of fused-ring (bicyclic) bond motifs is 1. The van der Waals surface area contributed by atoms with E-state index in [1.165, 1.54) is 33.9 Å². The van der Waals surface area contributed by atoms with Crippen molar-refractivity contribution in [2.24, 2.45) is 5.92 Å². The highest BCUT2D eigenvalue weighted by Crippen LogP contribution is 2.29. The number of aromatic nitrogens is 1. The first-order chi connectivity index (χ1) is 16.1. The minimum atomic E-state index is -0.537. The smallest absolute Gasteiger partial charge is 0.267 e. The van der Waals surface area contributed by atoms with Crippen LogP contribution in [0.3, 0.4) is 0 Å². The molecule has 33 heavy (non-hydrogen) atoms. The summed E-state index contributed by atoms with van der Waals surface area (Å²) in [6, 6.07) is 18.7. The van der Waals surface area contributed by atoms with Gasteiger partial charge in [0.25, 0.3) is 5.91 Å². The Hall–Kier alpha value is -2.93. The summed E-state index contributed by atoms with van der Waals surface area (Å²) in [5, 5.41) is 12.1. The molecule has 2 heterocycles. The lowest BCUT2D eigenvalue weighted by atomic mass is 10.0. The van der Waals surface area contributed by atoms with Gasteiger partial charge in [0.1, 0.15) is 0 Å². The number of pyridine rings is 1. The van der Waals surface area contributed by atoms with E-state index in [-0.39, 0.29) is 0 Å². The second-order valence-corrected chi connectivity index (χ2v) is 9.38. The SMILES string of the molecule is CC1CSC=C1CN(CCc1cnc2ccccc2c1)Cc1ccc(/C=C/C(=O)NO)cc1. The maximum absolute atomic E-state index is 11.2. The second-order valence-electron chi connectivity index (χ2n) is 8.48. The Morgan fingerprint density at radius 1 is 1.18 bits per heavy atom. The molecule has 4 rings (SSSR count). The lowest BCUT2D eigenvalue weighted by Gasteiger charge is -2.25. The van der Waals surface area contributed by atoms with E-state index in [0.29, 0.717) is 5.92 Å². The van der Waals surface area contributed by atoms with E-state index in [0.717, 1.165) is 37.1 Å². The van der Waals surface area contributed by atoms with Crippen molar-refractivity contribution in [2.45, 2.75) is 19.9 Å². The summed E-state index contributed by atoms with van der Waals surface area (Å²) in [7, 11) is 0. The predicted octanol–water partition coefficient (Wildman–Crippen LogP) is 5.06. The van der Waals surface area contributed by atoms with Crippen LogP contribution in [0.2, 0.25) is 0 Å². The summed E-state index contributed by atoms with van der Waals surface area (Å²) in [5.74, 6) is 1.25. The van der Waals surface area contributed by atoms with Crippen LogP contribution >= 0.6 is 11.8 Å². The van der Waals surface area contributed by atoms with Crippen LogP contribution in [0.4, 0.5) is 0 Å². The third-order valence-electron chi connectivity index (χ3n) is 5.91. The topological polar surface area (TPSA) is 65.5 Å². The monoisotopic (exact) mass is 459 g/mol. The molecule has 0 bridgehead atoms. The van der Waals surface area contributed by atoms with Crippen LogP contribution in [0.25, 0.3) is 17.0 Å². The summed E-state index contributed by atoms with van der Waals surface area (Å²) in [5.41, 5.74) is 7.54. The lowest BCUT2D eigenvalue weighted by Crippen LogP contribution is -2.29. The van der Waals surface area contributed by atoms with E-state index in [2.05, 4.69) is 52.5 Å². The number of rotatable bonds is 9. The molecule has 170 valence electrons. The Morgan fingerprint density at radius 2 is 2.00 bits per heavy atom. The number of nitrogens with one attached hydrogen (secondary N) is 1. The lowest BCUT2D eigenvalue weighted by molar-refractivity contribution is -0.124. The van der Waals surface area contributed by atoms with Gasteiger partial charge in [-0.25, -0.2) is 5.48 Å². The van der Waals surface area contributed by atoms with E-state index in [4.69, 9.17) is 5.21 Å². The molecule has 0 saturated carbocycles. The third-order valence-corrected chi connectivity index (χ3v) is 7.07. The quantitative estimate of drug-likeness (QED) is 0.266. The molecule has 0 spiro atoms. The van der Waals surface area contributed by atoms with Crippen LogP contribution < -0.4 is 5.48 Å². The molecule has 0 aliphatic carbocycles. The van der Waals surface area contributed by atoms with Gasteiger partial charge in [0, 0.05) is 43.0 Å². The first-order valence-electron chi connectivity index (χ1n) is 11.2. The second kappa shape index (κ2) is 11.3. The van der Waals surface area contributed by atoms with Crippen LogP contribution in [-0.2, 0) is 17.8 Å². The van der Waals surface area contributed by atoms with Crippen molar-refractivity contribution in [3.05, 3.63) is 94.5 Å². The zero-order valence-corrected chi connectivity index (χ0v) is 19.6. The summed E-state index contributed by atoms with van der Waals surface area (Å²) in [4.78, 5) is 18.3. The zero-order chi connectivity index (χ0) is 23.0. The summed E-state index contributed by atoms with van der Waals surface area (Å²) in [6.07, 6.45) is 5.94. The molecule has 0 saturated heterocycles. The van der Waals surface area contributed by atoms with Crippen LogP contribution in [0, 0.1) is 5.92 Å². The van der Waals surface area contributed by atoms with Gasteiger partial charge in [0.05, 0.1) is 5.52 Å². The number of nitrogens with zero attached hydrogens (tertiary/aromatic N) is 2. The number of hydroxylamine groups is 1. The number of thioether (sulfide) groups is 1. The number of amides is 1. The van der Waals surface area contributed by atoms with E-state index in [9.17, 15) is 4.79 Å². The average molecular weight is 460 g/mol. The molecule has 0 radical (unpaired) electrons. The number of para-hydroxylation sites is 1. The van der Waals surface area contributed by atoms with Crippen molar-refractivity contribution in [1.29, 1.82) is 0 Å². The van der Waals surface area contributed by atoms with E-state index in [1.807, 2.05) is 42.2 Å². The normalized spacial score (nSPS) is 16.0. The van der Waals surface area contributed by atoms with Gasteiger partial charge < -0.3 is 0 Å². The molecule has 2 N–H and O–H groups in total. The van der Waals surface area contributed by atoms with Crippen molar-refractivity contribution < 1.29 is 10.0 Å². The first-order valence-corrected chi connectivity index (χ1v) is 12.2. The molecule has 1 aromatic heterocycles. The molecule has 6 heteroatoms. The number of hydrogen-bond donors (Lipinski definition) is 2. The number of hydrogen-bond acceptors (Lipinski definition) is 5. The molecule has 5 nitrogen and oxygen atoms in total. The number of carbonyl (C=O) groups excluding carboxylic acids is 1. The predicted molar refractivity (Wildman–Crippen MR) is 136 cm³/mol. The van der Waals surface area contributed by atoms with Gasteiger partial charge in [-0.05, 0) is 58.2 Å². The molecular formula is C27H29N3O2S. The fraction of sp³-hybridized carbons (Fsp3) is 0.259. The van der Waals surface area contributed by atoms with Crippen LogP contribution in [0.5, 0.6) is 0 Å². The average Bonchev–Trinajstić information content (AvgIpc) is 3.25. The standard InChI is InChI=1S/C27H29N3O2S/c1-20-18-33-19-25(20)17-30(13-12-23-14-24-4-2-3-5-26(24)28-15-23)16-22-8-6-21(7-9-22)10-11-27(31)29-32/h2-11,14-15,19-20,32H,12-13,16-18H2,1H3,(H,29,31)/b11-10+. The summed E-state index contributed by atoms with van der Waals surface area (Å²) < 4.78 is 0. The first kappa shape index (κ1) is 23.2. The molecule has 1 unspecified atom stereocenters. The molecule has 1 atom stereocenters. The van der Waals surface area contributed by atoms with Gasteiger partial charge in [0.15, 0.2) is 0 Å². The van der Waals surface area contributed by atoms with Crippen LogP contribution in [-0.4, -0.2) is 39.8 Å². The Kier molecular flexibility index (Phi) is 7.94. The van der Waals surface area contributed by atoms with Gasteiger partial charge in [0.2, 0.25) is 0 Å². The number of benzene rings is 2. The van der Waals surface area contributed by atoms with Crippen molar-refractivity contribution in [2.75, 3.05) is 18.8 Å². The van der Waals surface area contributed by atoms with Gasteiger partial charge >= 0.3 is 0 Å². The molecule has 2 aromatic carbocycles. The molecule has 1 amide bonds. The zero-order valence-electron chi connectivity index (χ0n) is 18.8. The Labute approximate surface area is 199 Å². The number of carbonyl (C=O) groups is 1. The molecular weight excluding hydrogens is 430 g/mol. The Balaban J connectivity index is 1.44. The largest absolute Gasteiger partial charge is 0.295 e. The fourth-order valence-electron chi connectivity index (χ4n) is 3.93. The molecule has 1 aliphatic rings. The molecule has 0 fully saturated rings. The van der Waals surface area contributed by atoms with E-state index >= 15 is 0 Å². The van der Waals surface area contributed by atoms with Gasteiger partial charge in [-0.3, -0.25) is 19.9 Å². The van der Waals surface area contributed by atoms with Crippen LogP contribution in [0.1, 0.15) is 23.6 Å². The van der Waals surface area contributed by atoms with E-state index in [1.54, 1.807) is 11.6 Å². The van der Waals surface area contributed by atoms with Crippen molar-refractivity contribution in [3.8, 4) is 0 Å². The molecule has 3 aromatic rings. The maximum Gasteiger partial charge on any atom is 0.267 e. The molecule has 1 aliphatic heterocycles. The van der Waals surface area contributed by atoms with Crippen molar-refractivity contribution in [1.82, 2.24) is 15.4 Å². The summed E-state index contributed by atoms with van der Waals surface area (Å²) >= 11 is 1.91. The fourth-order valence-corrected chi connectivity index (χ4v) is 5.05. The highest BCUT2D eigenvalue weighted by atomic mass is 32.2. The minimum Gasteiger partial charge on any atom is -0.295 e. The third kappa shape index (κ3) is 6.54.